The zero-order chi connectivity index (χ0) is 11.5. The fourth-order valence-electron chi connectivity index (χ4n) is 1.56. The van der Waals surface area contributed by atoms with Crippen LogP contribution in [0.4, 0.5) is 4.79 Å². The molecule has 84 valence electrons. The van der Waals surface area contributed by atoms with Crippen molar-refractivity contribution in [2.45, 2.75) is 13.0 Å². The van der Waals surface area contributed by atoms with Crippen molar-refractivity contribution in [1.82, 2.24) is 10.2 Å². The minimum atomic E-state index is -0.296. The van der Waals surface area contributed by atoms with E-state index in [2.05, 4.69) is 27.9 Å². The first kappa shape index (κ1) is 11.4. The molecule has 0 aliphatic carbocycles. The molecule has 1 heterocycles. The molecule has 4 nitrogen and oxygen atoms in total. The molecule has 2 rings (SSSR count). The Bertz CT molecular complexity index is 416. The Morgan fingerprint density at radius 2 is 1.94 bits per heavy atom. The Labute approximate surface area is 107 Å². The number of carbonyl (C=O) groups is 2. The van der Waals surface area contributed by atoms with Gasteiger partial charge in [0.15, 0.2) is 0 Å². The number of halogens is 1. The van der Waals surface area contributed by atoms with Crippen molar-refractivity contribution < 1.29 is 9.59 Å². The van der Waals surface area contributed by atoms with Gasteiger partial charge in [0.1, 0.15) is 0 Å². The number of hydrogen-bond acceptors (Lipinski definition) is 2. The molecule has 0 saturated carbocycles. The highest BCUT2D eigenvalue weighted by Gasteiger charge is 2.22. The molecule has 1 aliphatic rings. The molecule has 0 radical (unpaired) electrons. The van der Waals surface area contributed by atoms with Crippen molar-refractivity contribution in [3.05, 3.63) is 33.4 Å². The van der Waals surface area contributed by atoms with Crippen LogP contribution in [0.3, 0.4) is 0 Å². The Morgan fingerprint density at radius 1 is 1.25 bits per heavy atom. The van der Waals surface area contributed by atoms with E-state index in [-0.39, 0.29) is 11.9 Å². The van der Waals surface area contributed by atoms with Crippen LogP contribution in [0.15, 0.2) is 24.3 Å². The Hall–Kier alpha value is -1.11. The number of benzene rings is 1. The Kier molecular flexibility index (Phi) is 3.42. The van der Waals surface area contributed by atoms with Crippen molar-refractivity contribution >= 4 is 34.5 Å². The zero-order valence-corrected chi connectivity index (χ0v) is 10.7. The zero-order valence-electron chi connectivity index (χ0n) is 8.57. The van der Waals surface area contributed by atoms with Gasteiger partial charge < -0.3 is 4.90 Å². The van der Waals surface area contributed by atoms with Gasteiger partial charge in [-0.3, -0.25) is 10.1 Å². The number of hydrogen-bond donors (Lipinski definition) is 1. The molecule has 1 aliphatic heterocycles. The largest absolute Gasteiger partial charge is 0.324 e. The number of carbonyl (C=O) groups excluding carboxylic acids is 2. The van der Waals surface area contributed by atoms with Crippen LogP contribution in [0.25, 0.3) is 0 Å². The molecule has 1 N–H and O–H groups in total. The maximum atomic E-state index is 11.5. The summed E-state index contributed by atoms with van der Waals surface area (Å²) < 4.78 is 1.17. The third kappa shape index (κ3) is 2.72. The molecular formula is C11H11IN2O2. The van der Waals surface area contributed by atoms with Gasteiger partial charge in [-0.05, 0) is 40.3 Å². The van der Waals surface area contributed by atoms with E-state index < -0.39 is 0 Å². The minimum absolute atomic E-state index is 0.191. The molecule has 16 heavy (non-hydrogen) atoms. The Morgan fingerprint density at radius 3 is 2.56 bits per heavy atom. The average Bonchev–Trinajstić information content (AvgIpc) is 2.25. The smallest absolute Gasteiger partial charge is 0.320 e. The number of urea groups is 1. The third-order valence-corrected chi connectivity index (χ3v) is 3.15. The third-order valence-electron chi connectivity index (χ3n) is 2.43. The molecule has 0 aromatic heterocycles. The van der Waals surface area contributed by atoms with Gasteiger partial charge in [0, 0.05) is 23.1 Å². The highest BCUT2D eigenvalue weighted by Crippen LogP contribution is 2.11. The number of rotatable bonds is 2. The first-order valence-electron chi connectivity index (χ1n) is 4.98. The summed E-state index contributed by atoms with van der Waals surface area (Å²) in [4.78, 5) is 24.1. The van der Waals surface area contributed by atoms with Crippen LogP contribution >= 0.6 is 22.6 Å². The summed E-state index contributed by atoms with van der Waals surface area (Å²) in [7, 11) is 0. The van der Waals surface area contributed by atoms with Crippen LogP contribution in [0.5, 0.6) is 0 Å². The summed E-state index contributed by atoms with van der Waals surface area (Å²) >= 11 is 2.24. The topological polar surface area (TPSA) is 49.4 Å². The number of imide groups is 1. The summed E-state index contributed by atoms with van der Waals surface area (Å²) in [5, 5.41) is 2.31. The predicted molar refractivity (Wildman–Crippen MR) is 67.7 cm³/mol. The molecular weight excluding hydrogens is 319 g/mol. The van der Waals surface area contributed by atoms with Crippen molar-refractivity contribution in [2.24, 2.45) is 0 Å². The second-order valence-corrected chi connectivity index (χ2v) is 4.90. The van der Waals surface area contributed by atoms with E-state index in [1.807, 2.05) is 24.3 Å². The minimum Gasteiger partial charge on any atom is -0.320 e. The van der Waals surface area contributed by atoms with Gasteiger partial charge in [0.05, 0.1) is 0 Å². The van der Waals surface area contributed by atoms with Crippen LogP contribution in [0.1, 0.15) is 12.0 Å². The summed E-state index contributed by atoms with van der Waals surface area (Å²) in [5.74, 6) is -0.191. The van der Waals surface area contributed by atoms with Gasteiger partial charge in [-0.25, -0.2) is 4.79 Å². The highest BCUT2D eigenvalue weighted by molar-refractivity contribution is 14.1. The maximum absolute atomic E-state index is 11.5. The van der Waals surface area contributed by atoms with Crippen molar-refractivity contribution in [2.75, 3.05) is 6.54 Å². The highest BCUT2D eigenvalue weighted by atomic mass is 127. The summed E-state index contributed by atoms with van der Waals surface area (Å²) in [6.45, 7) is 1.05. The first-order chi connectivity index (χ1) is 7.65. The lowest BCUT2D eigenvalue weighted by molar-refractivity contribution is -0.121. The van der Waals surface area contributed by atoms with E-state index >= 15 is 0 Å². The van der Waals surface area contributed by atoms with Crippen molar-refractivity contribution in [1.29, 1.82) is 0 Å². The molecule has 0 bridgehead atoms. The van der Waals surface area contributed by atoms with Gasteiger partial charge in [0.25, 0.3) is 0 Å². The van der Waals surface area contributed by atoms with Gasteiger partial charge in [0.2, 0.25) is 5.91 Å². The maximum Gasteiger partial charge on any atom is 0.324 e. The lowest BCUT2D eigenvalue weighted by Gasteiger charge is -2.26. The lowest BCUT2D eigenvalue weighted by Crippen LogP contribution is -2.48. The van der Waals surface area contributed by atoms with Crippen LogP contribution in [-0.2, 0) is 11.3 Å². The standard InChI is InChI=1S/C11H11IN2O2/c12-9-3-1-8(2-4-9)7-14-6-5-10(15)13-11(14)16/h1-4H,5-7H2,(H,13,15,16). The summed E-state index contributed by atoms with van der Waals surface area (Å²) in [5.41, 5.74) is 1.07. The molecule has 1 aromatic carbocycles. The van der Waals surface area contributed by atoms with Crippen LogP contribution in [0.2, 0.25) is 0 Å². The quantitative estimate of drug-likeness (QED) is 0.840. The normalized spacial score (nSPS) is 16.2. The summed E-state index contributed by atoms with van der Waals surface area (Å²) in [6.07, 6.45) is 0.385. The summed E-state index contributed by atoms with van der Waals surface area (Å²) in [6, 6.07) is 7.69. The van der Waals surface area contributed by atoms with Gasteiger partial charge in [-0.1, -0.05) is 12.1 Å². The van der Waals surface area contributed by atoms with E-state index in [0.717, 1.165) is 5.56 Å². The van der Waals surface area contributed by atoms with Gasteiger partial charge in [-0.15, -0.1) is 0 Å². The molecule has 1 aromatic rings. The number of amides is 3. The predicted octanol–water partition coefficient (Wildman–Crippen LogP) is 1.73. The van der Waals surface area contributed by atoms with E-state index in [0.29, 0.717) is 19.5 Å². The molecule has 1 saturated heterocycles. The monoisotopic (exact) mass is 330 g/mol. The van der Waals surface area contributed by atoms with E-state index in [1.54, 1.807) is 4.90 Å². The lowest BCUT2D eigenvalue weighted by atomic mass is 10.2. The number of nitrogens with zero attached hydrogens (tertiary/aromatic N) is 1. The average molecular weight is 330 g/mol. The van der Waals surface area contributed by atoms with Gasteiger partial charge >= 0.3 is 6.03 Å². The molecule has 0 unspecified atom stereocenters. The molecule has 0 atom stereocenters. The van der Waals surface area contributed by atoms with Crippen molar-refractivity contribution in [3.63, 3.8) is 0 Å². The second-order valence-electron chi connectivity index (χ2n) is 3.65. The van der Waals surface area contributed by atoms with Crippen LogP contribution in [-0.4, -0.2) is 23.4 Å². The van der Waals surface area contributed by atoms with E-state index in [4.69, 9.17) is 0 Å². The first-order valence-corrected chi connectivity index (χ1v) is 6.06. The molecule has 3 amide bonds. The molecule has 0 spiro atoms. The van der Waals surface area contributed by atoms with E-state index in [9.17, 15) is 9.59 Å². The van der Waals surface area contributed by atoms with Crippen LogP contribution in [0, 0.1) is 3.57 Å². The van der Waals surface area contributed by atoms with E-state index in [1.165, 1.54) is 3.57 Å². The second kappa shape index (κ2) is 4.82. The molecule has 1 fully saturated rings. The van der Waals surface area contributed by atoms with Gasteiger partial charge in [-0.2, -0.15) is 0 Å². The fourth-order valence-corrected chi connectivity index (χ4v) is 1.92. The Balaban J connectivity index is 2.02. The van der Waals surface area contributed by atoms with Crippen LogP contribution < -0.4 is 5.32 Å². The van der Waals surface area contributed by atoms with Crippen molar-refractivity contribution in [3.8, 4) is 0 Å². The SMILES string of the molecule is O=C1CCN(Cc2ccc(I)cc2)C(=O)N1. The molecule has 5 heteroatoms. The fraction of sp³-hybridized carbons (Fsp3) is 0.273. The number of nitrogens with one attached hydrogen (secondary N) is 1.